The van der Waals surface area contributed by atoms with Gasteiger partial charge >= 0.3 is 0 Å². The molecule has 7 aromatic carbocycles. The van der Waals surface area contributed by atoms with Crippen molar-refractivity contribution < 1.29 is 4.42 Å². The van der Waals surface area contributed by atoms with Crippen LogP contribution in [-0.2, 0) is 6.42 Å². The topological polar surface area (TPSA) is 56.7 Å². The largest absolute Gasteiger partial charge is 0.456 e. The van der Waals surface area contributed by atoms with E-state index in [0.717, 1.165) is 62.4 Å². The first-order chi connectivity index (χ1) is 28.2. The Hall–Kier alpha value is -7.15. The van der Waals surface area contributed by atoms with Crippen LogP contribution in [0.15, 0.2) is 168 Å². The highest BCUT2D eigenvalue weighted by atomic mass is 32.1. The van der Waals surface area contributed by atoms with Gasteiger partial charge in [-0.1, -0.05) is 109 Å². The molecule has 0 saturated carbocycles. The van der Waals surface area contributed by atoms with Crippen LogP contribution in [0, 0.1) is 0 Å². The lowest BCUT2D eigenvalue weighted by Crippen LogP contribution is -2.00. The Morgan fingerprint density at radius 2 is 1.19 bits per heavy atom. The van der Waals surface area contributed by atoms with Gasteiger partial charge in [-0.05, 0) is 84.6 Å². The van der Waals surface area contributed by atoms with Crippen molar-refractivity contribution in [2.75, 3.05) is 0 Å². The van der Waals surface area contributed by atoms with E-state index in [0.29, 0.717) is 17.5 Å². The molecule has 1 aliphatic rings. The molecule has 0 aliphatic heterocycles. The third kappa shape index (κ3) is 5.11. The van der Waals surface area contributed by atoms with Gasteiger partial charge in [0, 0.05) is 64.3 Å². The highest BCUT2D eigenvalue weighted by Gasteiger charge is 2.24. The van der Waals surface area contributed by atoms with Crippen LogP contribution in [0.4, 0.5) is 0 Å². The number of hydrogen-bond acceptors (Lipinski definition) is 5. The molecule has 12 rings (SSSR count). The fourth-order valence-corrected chi connectivity index (χ4v) is 9.91. The van der Waals surface area contributed by atoms with E-state index >= 15 is 0 Å². The number of benzene rings is 7. The predicted octanol–water partition coefficient (Wildman–Crippen LogP) is 13.7. The van der Waals surface area contributed by atoms with Crippen molar-refractivity contribution >= 4 is 70.4 Å². The zero-order chi connectivity index (χ0) is 37.5. The van der Waals surface area contributed by atoms with Crippen molar-refractivity contribution in [3.8, 4) is 51.0 Å². The summed E-state index contributed by atoms with van der Waals surface area (Å²) in [7, 11) is 0. The third-order valence-corrected chi connectivity index (χ3v) is 12.5. The van der Waals surface area contributed by atoms with Gasteiger partial charge in [-0.3, -0.25) is 0 Å². The fourth-order valence-electron chi connectivity index (χ4n) is 8.71. The molecule has 0 bridgehead atoms. The zero-order valence-corrected chi connectivity index (χ0v) is 31.5. The molecule has 0 atom stereocenters. The number of rotatable bonds is 5. The lowest BCUT2D eigenvalue weighted by Gasteiger charge is -2.12. The van der Waals surface area contributed by atoms with Crippen LogP contribution >= 0.6 is 11.3 Å². The SMILES string of the molecule is C1=Cc2oc3ccc4sc5c(-c6nc(-c7ccccc7)nc(-c7ccccc7)n6)cc(-c6ccc7c(c6)c6ccccc6n7-c6ccccc6)cc5c4c3c2CC1. The number of aryl methyl sites for hydroxylation is 1. The molecule has 0 N–H and O–H groups in total. The molecule has 11 aromatic rings. The summed E-state index contributed by atoms with van der Waals surface area (Å²) in [6.07, 6.45) is 6.31. The predicted molar refractivity (Wildman–Crippen MR) is 236 cm³/mol. The fraction of sp³-hybridized carbons (Fsp3) is 0.0392. The molecule has 4 heterocycles. The summed E-state index contributed by atoms with van der Waals surface area (Å²) >= 11 is 1.80. The first kappa shape index (κ1) is 32.1. The van der Waals surface area contributed by atoms with E-state index in [1.807, 2.05) is 36.4 Å². The Morgan fingerprint density at radius 3 is 1.96 bits per heavy atom. The molecule has 1 aliphatic carbocycles. The molecule has 0 fully saturated rings. The Kier molecular flexibility index (Phi) is 7.16. The molecule has 5 nitrogen and oxygen atoms in total. The molecule has 0 unspecified atom stereocenters. The highest BCUT2D eigenvalue weighted by molar-refractivity contribution is 7.26. The third-order valence-electron chi connectivity index (χ3n) is 11.3. The van der Waals surface area contributed by atoms with Crippen molar-refractivity contribution in [3.63, 3.8) is 0 Å². The standard InChI is InChI=1S/C51H32N4OS/c1-4-14-31(15-5-1)49-52-50(32-16-6-2-7-17-32)54-51(53-49)40-30-34(29-39-47-45(57-48(39)40)27-26-44-46(47)37-21-11-13-23-43(37)56-44)33-24-25-42-38(28-33)36-20-10-12-22-41(36)55(42)35-18-8-3-9-19-35/h1-10,12-20,22-30H,11,21H2. The van der Waals surface area contributed by atoms with Crippen molar-refractivity contribution in [2.24, 2.45) is 0 Å². The molecule has 6 heteroatoms. The van der Waals surface area contributed by atoms with Crippen LogP contribution in [-0.4, -0.2) is 19.5 Å². The lowest BCUT2D eigenvalue weighted by molar-refractivity contribution is 0.595. The summed E-state index contributed by atoms with van der Waals surface area (Å²) in [5, 5.41) is 6.06. The number of para-hydroxylation sites is 2. The van der Waals surface area contributed by atoms with Gasteiger partial charge < -0.3 is 8.98 Å². The van der Waals surface area contributed by atoms with Crippen molar-refractivity contribution in [3.05, 3.63) is 175 Å². The molecule has 0 saturated heterocycles. The molecular formula is C51H32N4OS. The number of fused-ring (bicyclic) bond motifs is 10. The number of nitrogens with zero attached hydrogens (tertiary/aromatic N) is 4. The van der Waals surface area contributed by atoms with Crippen LogP contribution in [0.2, 0.25) is 0 Å². The van der Waals surface area contributed by atoms with Gasteiger partial charge in [0.15, 0.2) is 17.5 Å². The normalized spacial score (nSPS) is 12.7. The van der Waals surface area contributed by atoms with Gasteiger partial charge in [-0.15, -0.1) is 11.3 Å². The average molecular weight is 749 g/mol. The van der Waals surface area contributed by atoms with E-state index in [9.17, 15) is 0 Å². The monoisotopic (exact) mass is 748 g/mol. The number of hydrogen-bond donors (Lipinski definition) is 0. The Morgan fingerprint density at radius 1 is 0.526 bits per heavy atom. The molecule has 0 radical (unpaired) electrons. The minimum Gasteiger partial charge on any atom is -0.456 e. The first-order valence-corrected chi connectivity index (χ1v) is 20.1. The van der Waals surface area contributed by atoms with Gasteiger partial charge in [0.2, 0.25) is 0 Å². The van der Waals surface area contributed by atoms with Gasteiger partial charge in [0.1, 0.15) is 11.3 Å². The second-order valence-corrected chi connectivity index (χ2v) is 15.7. The average Bonchev–Trinajstić information content (AvgIpc) is 3.96. The Labute approximate surface area is 331 Å². The molecular weight excluding hydrogens is 717 g/mol. The minimum absolute atomic E-state index is 0.646. The molecule has 57 heavy (non-hydrogen) atoms. The van der Waals surface area contributed by atoms with E-state index in [1.54, 1.807) is 11.3 Å². The van der Waals surface area contributed by atoms with Crippen LogP contribution < -0.4 is 0 Å². The van der Waals surface area contributed by atoms with E-state index in [4.69, 9.17) is 19.4 Å². The quantitative estimate of drug-likeness (QED) is 0.176. The molecule has 0 amide bonds. The van der Waals surface area contributed by atoms with Gasteiger partial charge in [0.25, 0.3) is 0 Å². The van der Waals surface area contributed by atoms with E-state index in [1.165, 1.54) is 48.2 Å². The molecule has 268 valence electrons. The molecule has 0 spiro atoms. The van der Waals surface area contributed by atoms with Crippen LogP contribution in [0.5, 0.6) is 0 Å². The zero-order valence-electron chi connectivity index (χ0n) is 30.7. The Bertz CT molecular complexity index is 3340. The van der Waals surface area contributed by atoms with Crippen LogP contribution in [0.1, 0.15) is 17.7 Å². The van der Waals surface area contributed by atoms with E-state index in [-0.39, 0.29) is 0 Å². The maximum Gasteiger partial charge on any atom is 0.165 e. The smallest absolute Gasteiger partial charge is 0.165 e. The summed E-state index contributed by atoms with van der Waals surface area (Å²) in [5.74, 6) is 2.91. The molecule has 4 aromatic heterocycles. The lowest BCUT2D eigenvalue weighted by atomic mass is 9.94. The second kappa shape index (κ2) is 12.7. The highest BCUT2D eigenvalue weighted by Crippen LogP contribution is 2.47. The number of thiophene rings is 1. The number of aromatic nitrogens is 4. The summed E-state index contributed by atoms with van der Waals surface area (Å²) in [5.41, 5.74) is 10.8. The summed E-state index contributed by atoms with van der Waals surface area (Å²) in [6.45, 7) is 0. The maximum absolute atomic E-state index is 6.49. The van der Waals surface area contributed by atoms with Gasteiger partial charge in [-0.2, -0.15) is 0 Å². The summed E-state index contributed by atoms with van der Waals surface area (Å²) in [6, 6.07) is 55.7. The van der Waals surface area contributed by atoms with Crippen molar-refractivity contribution in [2.45, 2.75) is 12.8 Å². The number of allylic oxidation sites excluding steroid dienone is 1. The van der Waals surface area contributed by atoms with E-state index < -0.39 is 0 Å². The van der Waals surface area contributed by atoms with E-state index in [2.05, 4.69) is 138 Å². The van der Waals surface area contributed by atoms with Crippen LogP contribution in [0.3, 0.4) is 0 Å². The minimum atomic E-state index is 0.646. The first-order valence-electron chi connectivity index (χ1n) is 19.3. The summed E-state index contributed by atoms with van der Waals surface area (Å²) < 4.78 is 11.2. The second-order valence-electron chi connectivity index (χ2n) is 14.7. The van der Waals surface area contributed by atoms with Crippen molar-refractivity contribution in [1.82, 2.24) is 19.5 Å². The number of furan rings is 1. The van der Waals surface area contributed by atoms with Crippen LogP contribution in [0.25, 0.3) is 110 Å². The van der Waals surface area contributed by atoms with Crippen molar-refractivity contribution in [1.29, 1.82) is 0 Å². The van der Waals surface area contributed by atoms with Gasteiger partial charge in [-0.25, -0.2) is 15.0 Å². The Balaban J connectivity index is 1.17. The summed E-state index contributed by atoms with van der Waals surface area (Å²) in [4.78, 5) is 15.6. The van der Waals surface area contributed by atoms with Gasteiger partial charge in [0.05, 0.1) is 11.0 Å². The maximum atomic E-state index is 6.49.